The van der Waals surface area contributed by atoms with E-state index in [1.54, 1.807) is 6.92 Å². The number of hydrogen-bond donors (Lipinski definition) is 3. The molecule has 4 fully saturated rings. The minimum atomic E-state index is -1.20. The topological polar surface area (TPSA) is 137 Å². The van der Waals surface area contributed by atoms with Crippen molar-refractivity contribution in [1.29, 1.82) is 0 Å². The number of carboxylic acid groups (broad SMARTS) is 1. The van der Waals surface area contributed by atoms with Gasteiger partial charge in [-0.3, -0.25) is 9.59 Å². The number of Topliss-reactive ketones (excluding diaryl/α,β-unsaturated/α-hetero) is 1. The van der Waals surface area contributed by atoms with E-state index in [-0.39, 0.29) is 36.2 Å². The lowest BCUT2D eigenvalue weighted by Gasteiger charge is -2.59. The number of amides is 1. The second-order valence-electron chi connectivity index (χ2n) is 12.6. The zero-order chi connectivity index (χ0) is 26.8. The molecule has 9 heteroatoms. The van der Waals surface area contributed by atoms with Crippen LogP contribution in [-0.4, -0.2) is 74.5 Å². The van der Waals surface area contributed by atoms with Gasteiger partial charge in [0.2, 0.25) is 0 Å². The minimum Gasteiger partial charge on any atom is -0.480 e. The number of aliphatic hydroxyl groups excluding tert-OH is 1. The Morgan fingerprint density at radius 2 is 1.84 bits per heavy atom. The molecule has 4 aliphatic carbocycles. The van der Waals surface area contributed by atoms with Gasteiger partial charge < -0.3 is 25.1 Å². The molecule has 0 unspecified atom stereocenters. The SMILES string of the molecule is CC(=O)[C@@]1(O)CC[C@H]2[C@@H]3CCC4=CC(=NOCC(=O)N5C[C@@H](O)C[C@H]5C(=O)O)CC[C@]4(C)[C@H]3CC[C@@]21C. The number of carbonyl (C=O) groups is 3. The lowest BCUT2D eigenvalue weighted by Crippen LogP contribution is -2.57. The number of hydrogen-bond acceptors (Lipinski definition) is 7. The second-order valence-corrected chi connectivity index (χ2v) is 12.6. The Balaban J connectivity index is 1.26. The second kappa shape index (κ2) is 9.19. The van der Waals surface area contributed by atoms with Gasteiger partial charge in [-0.25, -0.2) is 4.79 Å². The van der Waals surface area contributed by atoms with Gasteiger partial charge in [0.05, 0.1) is 11.8 Å². The number of oxime groups is 1. The summed E-state index contributed by atoms with van der Waals surface area (Å²) in [6.07, 6.45) is 8.33. The Labute approximate surface area is 217 Å². The molecule has 1 saturated heterocycles. The molecule has 0 aromatic rings. The van der Waals surface area contributed by atoms with Crippen LogP contribution in [0.5, 0.6) is 0 Å². The van der Waals surface area contributed by atoms with E-state index < -0.39 is 29.6 Å². The summed E-state index contributed by atoms with van der Waals surface area (Å²) >= 11 is 0. The number of allylic oxidation sites excluding steroid dienone is 2. The van der Waals surface area contributed by atoms with Crippen LogP contribution in [0, 0.1) is 28.6 Å². The summed E-state index contributed by atoms with van der Waals surface area (Å²) in [6.45, 7) is 5.67. The standard InChI is InChI=1S/C28H40N2O7/c1-16(31)28(36)11-8-22-20-5-4-17-12-18(6-9-26(17,2)21(20)7-10-27(22,28)3)29-37-15-24(33)30-14-19(32)13-23(30)25(34)35/h12,19-23,32,36H,4-11,13-15H2,1-3H3,(H,34,35)/t19-,20+,21-,22-,23-,26-,27-,28-/m0/s1. The number of carbonyl (C=O) groups excluding carboxylic acids is 2. The Kier molecular flexibility index (Phi) is 6.54. The first kappa shape index (κ1) is 26.4. The van der Waals surface area contributed by atoms with Gasteiger partial charge in [-0.15, -0.1) is 0 Å². The fourth-order valence-corrected chi connectivity index (χ4v) is 8.81. The van der Waals surface area contributed by atoms with E-state index in [9.17, 15) is 29.7 Å². The highest BCUT2D eigenvalue weighted by molar-refractivity contribution is 5.96. The monoisotopic (exact) mass is 516 g/mol. The van der Waals surface area contributed by atoms with Gasteiger partial charge in [-0.05, 0) is 87.5 Å². The molecule has 9 nitrogen and oxygen atoms in total. The number of β-amino-alcohol motifs (C(OH)–C–C–N with tert-alkyl or cyclic N) is 1. The lowest BCUT2D eigenvalue weighted by molar-refractivity contribution is -0.159. The van der Waals surface area contributed by atoms with Crippen molar-refractivity contribution in [1.82, 2.24) is 4.90 Å². The number of fused-ring (bicyclic) bond motifs is 5. The zero-order valence-electron chi connectivity index (χ0n) is 22.1. The van der Waals surface area contributed by atoms with Gasteiger partial charge in [0.25, 0.3) is 5.91 Å². The summed E-state index contributed by atoms with van der Waals surface area (Å²) in [5, 5.41) is 34.6. The third-order valence-electron chi connectivity index (χ3n) is 11.0. The van der Waals surface area contributed by atoms with Crippen LogP contribution in [0.2, 0.25) is 0 Å². The molecule has 1 aliphatic heterocycles. The number of aliphatic hydroxyl groups is 2. The van der Waals surface area contributed by atoms with E-state index in [0.29, 0.717) is 24.2 Å². The summed E-state index contributed by atoms with van der Waals surface area (Å²) < 4.78 is 0. The maximum atomic E-state index is 12.5. The molecule has 8 atom stereocenters. The van der Waals surface area contributed by atoms with Crippen LogP contribution in [0.25, 0.3) is 0 Å². The van der Waals surface area contributed by atoms with E-state index >= 15 is 0 Å². The van der Waals surface area contributed by atoms with Crippen LogP contribution in [0.1, 0.15) is 78.6 Å². The number of ketones is 1. The average molecular weight is 517 g/mol. The molecular formula is C28H40N2O7. The van der Waals surface area contributed by atoms with Crippen LogP contribution >= 0.6 is 0 Å². The minimum absolute atomic E-state index is 0.00938. The highest BCUT2D eigenvalue weighted by atomic mass is 16.6. The quantitative estimate of drug-likeness (QED) is 0.478. The fourth-order valence-electron chi connectivity index (χ4n) is 8.81. The Morgan fingerprint density at radius 3 is 2.54 bits per heavy atom. The first-order valence-corrected chi connectivity index (χ1v) is 13.7. The van der Waals surface area contributed by atoms with Crippen LogP contribution in [0.4, 0.5) is 0 Å². The third-order valence-corrected chi connectivity index (χ3v) is 11.0. The zero-order valence-corrected chi connectivity index (χ0v) is 22.1. The number of carboxylic acids is 1. The van der Waals surface area contributed by atoms with Crippen LogP contribution in [0.3, 0.4) is 0 Å². The normalized spacial score (nSPS) is 44.0. The highest BCUT2D eigenvalue weighted by Crippen LogP contribution is 2.67. The summed E-state index contributed by atoms with van der Waals surface area (Å²) in [7, 11) is 0. The number of nitrogens with zero attached hydrogens (tertiary/aromatic N) is 2. The van der Waals surface area contributed by atoms with E-state index in [1.807, 2.05) is 0 Å². The van der Waals surface area contributed by atoms with E-state index in [1.165, 1.54) is 5.57 Å². The predicted molar refractivity (Wildman–Crippen MR) is 134 cm³/mol. The van der Waals surface area contributed by atoms with Gasteiger partial charge in [0.15, 0.2) is 12.4 Å². The van der Waals surface area contributed by atoms with Crippen LogP contribution < -0.4 is 0 Å². The summed E-state index contributed by atoms with van der Waals surface area (Å²) in [6, 6.07) is -1.03. The van der Waals surface area contributed by atoms with Crippen molar-refractivity contribution in [3.8, 4) is 0 Å². The third kappa shape index (κ3) is 4.04. The maximum Gasteiger partial charge on any atom is 0.326 e. The first-order valence-electron chi connectivity index (χ1n) is 13.7. The first-order chi connectivity index (χ1) is 17.4. The molecule has 1 amide bonds. The number of likely N-dealkylation sites (tertiary alicyclic amines) is 1. The smallest absolute Gasteiger partial charge is 0.326 e. The number of aliphatic carboxylic acids is 1. The van der Waals surface area contributed by atoms with Gasteiger partial charge >= 0.3 is 5.97 Å². The van der Waals surface area contributed by atoms with Crippen LogP contribution in [0.15, 0.2) is 16.8 Å². The van der Waals surface area contributed by atoms with Crippen molar-refractivity contribution in [2.45, 2.75) is 96.3 Å². The predicted octanol–water partition coefficient (Wildman–Crippen LogP) is 2.69. The molecule has 204 valence electrons. The molecular weight excluding hydrogens is 476 g/mol. The number of rotatable bonds is 5. The molecule has 0 radical (unpaired) electrons. The van der Waals surface area contributed by atoms with Gasteiger partial charge in [-0.2, -0.15) is 0 Å². The van der Waals surface area contributed by atoms with Crippen LogP contribution in [-0.2, 0) is 19.2 Å². The lowest BCUT2D eigenvalue weighted by atomic mass is 9.46. The molecule has 1 heterocycles. The Morgan fingerprint density at radius 1 is 1.11 bits per heavy atom. The average Bonchev–Trinajstić information content (AvgIpc) is 3.37. The summed E-state index contributed by atoms with van der Waals surface area (Å²) in [4.78, 5) is 42.8. The summed E-state index contributed by atoms with van der Waals surface area (Å²) in [5.74, 6) is -0.334. The van der Waals surface area contributed by atoms with Gasteiger partial charge in [0, 0.05) is 18.4 Å². The molecule has 0 bridgehead atoms. The Hall–Kier alpha value is -2.26. The molecule has 5 rings (SSSR count). The van der Waals surface area contributed by atoms with Gasteiger partial charge in [-0.1, -0.05) is 24.6 Å². The molecule has 37 heavy (non-hydrogen) atoms. The molecule has 3 N–H and O–H groups in total. The molecule has 5 aliphatic rings. The van der Waals surface area contributed by atoms with Crippen molar-refractivity contribution in [3.63, 3.8) is 0 Å². The van der Waals surface area contributed by atoms with E-state index in [0.717, 1.165) is 55.6 Å². The van der Waals surface area contributed by atoms with Crippen molar-refractivity contribution < 1.29 is 34.5 Å². The van der Waals surface area contributed by atoms with Crippen molar-refractivity contribution in [2.75, 3.05) is 13.2 Å². The van der Waals surface area contributed by atoms with Gasteiger partial charge in [0.1, 0.15) is 11.6 Å². The molecule has 3 saturated carbocycles. The van der Waals surface area contributed by atoms with E-state index in [2.05, 4.69) is 25.1 Å². The maximum absolute atomic E-state index is 12.5. The fraction of sp³-hybridized carbons (Fsp3) is 0.786. The van der Waals surface area contributed by atoms with Crippen molar-refractivity contribution in [2.24, 2.45) is 33.7 Å². The van der Waals surface area contributed by atoms with E-state index in [4.69, 9.17) is 4.84 Å². The highest BCUT2D eigenvalue weighted by Gasteiger charge is 2.65. The molecule has 0 spiro atoms. The van der Waals surface area contributed by atoms with Crippen molar-refractivity contribution in [3.05, 3.63) is 11.6 Å². The Bertz CT molecular complexity index is 1060. The largest absolute Gasteiger partial charge is 0.480 e. The van der Waals surface area contributed by atoms with Crippen molar-refractivity contribution >= 4 is 23.4 Å². The molecule has 0 aromatic carbocycles. The molecule has 0 aromatic heterocycles. The summed E-state index contributed by atoms with van der Waals surface area (Å²) in [5.41, 5.74) is 0.673.